The molecule has 0 aromatic heterocycles. The molecule has 0 radical (unpaired) electrons. The standard InChI is InChI=1S/C15H18N2O4/c1-4-11-9-10-16(2)15(11,14(18)21-3)12-5-7-13(8-6-12)17(19)20/h4-8,11H,1,9-10H2,2-3H3/t11-,15-/m0/s1. The number of nitro benzene ring substituents is 1. The summed E-state index contributed by atoms with van der Waals surface area (Å²) in [5.74, 6) is -0.474. The zero-order valence-corrected chi connectivity index (χ0v) is 12.1. The number of hydrogen-bond acceptors (Lipinski definition) is 5. The molecule has 1 aromatic rings. The average Bonchev–Trinajstić information content (AvgIpc) is 2.84. The molecule has 1 saturated heterocycles. The minimum atomic E-state index is -0.967. The Labute approximate surface area is 123 Å². The highest BCUT2D eigenvalue weighted by molar-refractivity contribution is 5.84. The molecule has 0 spiro atoms. The maximum Gasteiger partial charge on any atom is 0.331 e. The molecule has 0 aliphatic carbocycles. The van der Waals surface area contributed by atoms with Gasteiger partial charge in [0.05, 0.1) is 12.0 Å². The van der Waals surface area contributed by atoms with E-state index in [1.165, 1.54) is 19.2 Å². The van der Waals surface area contributed by atoms with Gasteiger partial charge in [0.1, 0.15) is 0 Å². The summed E-state index contributed by atoms with van der Waals surface area (Å²) in [4.78, 5) is 24.7. The summed E-state index contributed by atoms with van der Waals surface area (Å²) in [6.07, 6.45) is 2.54. The van der Waals surface area contributed by atoms with Crippen LogP contribution in [0.4, 0.5) is 5.69 Å². The first-order chi connectivity index (χ1) is 9.98. The molecular formula is C15H18N2O4. The van der Waals surface area contributed by atoms with Crippen LogP contribution in [0.5, 0.6) is 0 Å². The van der Waals surface area contributed by atoms with E-state index in [9.17, 15) is 14.9 Å². The fraction of sp³-hybridized carbons (Fsp3) is 0.400. The fourth-order valence-electron chi connectivity index (χ4n) is 3.14. The number of carbonyl (C=O) groups excluding carboxylic acids is 1. The number of nitrogens with zero attached hydrogens (tertiary/aromatic N) is 2. The van der Waals surface area contributed by atoms with E-state index < -0.39 is 10.5 Å². The Morgan fingerprint density at radius 2 is 2.14 bits per heavy atom. The largest absolute Gasteiger partial charge is 0.467 e. The number of methoxy groups -OCH3 is 1. The fourth-order valence-corrected chi connectivity index (χ4v) is 3.14. The molecule has 1 fully saturated rings. The lowest BCUT2D eigenvalue weighted by Gasteiger charge is -2.37. The third kappa shape index (κ3) is 2.21. The Hall–Kier alpha value is -2.21. The third-order valence-electron chi connectivity index (χ3n) is 4.21. The Morgan fingerprint density at radius 3 is 2.62 bits per heavy atom. The SMILES string of the molecule is C=C[C@H]1CCN(C)[C@]1(C(=O)OC)c1ccc([N+](=O)[O-])cc1. The Kier molecular flexibility index (Phi) is 4.09. The van der Waals surface area contributed by atoms with Crippen LogP contribution in [0.3, 0.4) is 0 Å². The van der Waals surface area contributed by atoms with Crippen molar-refractivity contribution in [1.82, 2.24) is 4.90 Å². The lowest BCUT2D eigenvalue weighted by molar-refractivity contribution is -0.384. The highest BCUT2D eigenvalue weighted by Crippen LogP contribution is 2.44. The van der Waals surface area contributed by atoms with Gasteiger partial charge in [-0.25, -0.2) is 4.79 Å². The maximum absolute atomic E-state index is 12.5. The summed E-state index contributed by atoms with van der Waals surface area (Å²) in [6.45, 7) is 4.54. The molecule has 1 aliphatic rings. The van der Waals surface area contributed by atoms with Gasteiger partial charge in [-0.2, -0.15) is 0 Å². The molecule has 21 heavy (non-hydrogen) atoms. The monoisotopic (exact) mass is 290 g/mol. The Bertz CT molecular complexity index is 570. The minimum Gasteiger partial charge on any atom is -0.467 e. The van der Waals surface area contributed by atoms with Crippen molar-refractivity contribution >= 4 is 11.7 Å². The van der Waals surface area contributed by atoms with Crippen molar-refractivity contribution in [3.05, 3.63) is 52.6 Å². The van der Waals surface area contributed by atoms with Crippen molar-refractivity contribution < 1.29 is 14.5 Å². The molecule has 0 unspecified atom stereocenters. The molecule has 1 aromatic carbocycles. The number of likely N-dealkylation sites (tertiary alicyclic amines) is 1. The van der Waals surface area contributed by atoms with Gasteiger partial charge >= 0.3 is 5.97 Å². The van der Waals surface area contributed by atoms with Crippen LogP contribution < -0.4 is 0 Å². The second kappa shape index (κ2) is 5.65. The van der Waals surface area contributed by atoms with Crippen molar-refractivity contribution in [2.24, 2.45) is 5.92 Å². The second-order valence-corrected chi connectivity index (χ2v) is 5.11. The highest BCUT2D eigenvalue weighted by Gasteiger charge is 2.54. The molecule has 0 bridgehead atoms. The quantitative estimate of drug-likeness (QED) is 0.367. The van der Waals surface area contributed by atoms with Crippen LogP contribution in [0.2, 0.25) is 0 Å². The van der Waals surface area contributed by atoms with E-state index in [1.807, 2.05) is 11.9 Å². The number of benzene rings is 1. The predicted octanol–water partition coefficient (Wildman–Crippen LogP) is 2.10. The van der Waals surface area contributed by atoms with Crippen molar-refractivity contribution in [1.29, 1.82) is 0 Å². The van der Waals surface area contributed by atoms with Crippen molar-refractivity contribution in [3.63, 3.8) is 0 Å². The van der Waals surface area contributed by atoms with Gasteiger partial charge in [0.15, 0.2) is 5.54 Å². The zero-order valence-electron chi connectivity index (χ0n) is 12.1. The first-order valence-corrected chi connectivity index (χ1v) is 6.65. The van der Waals surface area contributed by atoms with Gasteiger partial charge < -0.3 is 4.74 Å². The number of likely N-dealkylation sites (N-methyl/N-ethyl adjacent to an activating group) is 1. The van der Waals surface area contributed by atoms with Gasteiger partial charge in [-0.1, -0.05) is 6.08 Å². The van der Waals surface area contributed by atoms with Gasteiger partial charge in [0.25, 0.3) is 5.69 Å². The molecule has 2 atom stereocenters. The van der Waals surface area contributed by atoms with E-state index in [0.717, 1.165) is 13.0 Å². The van der Waals surface area contributed by atoms with Crippen LogP contribution in [-0.2, 0) is 15.1 Å². The smallest absolute Gasteiger partial charge is 0.331 e. The van der Waals surface area contributed by atoms with Gasteiger partial charge in [-0.3, -0.25) is 15.0 Å². The molecule has 6 nitrogen and oxygen atoms in total. The molecule has 2 rings (SSSR count). The normalized spacial score (nSPS) is 25.5. The molecule has 0 N–H and O–H groups in total. The number of hydrogen-bond donors (Lipinski definition) is 0. The summed E-state index contributed by atoms with van der Waals surface area (Å²) in [5.41, 5.74) is -0.287. The summed E-state index contributed by atoms with van der Waals surface area (Å²) < 4.78 is 5.01. The van der Waals surface area contributed by atoms with E-state index in [1.54, 1.807) is 18.2 Å². The number of non-ortho nitro benzene ring substituents is 1. The van der Waals surface area contributed by atoms with Crippen LogP contribution in [0, 0.1) is 16.0 Å². The average molecular weight is 290 g/mol. The topological polar surface area (TPSA) is 72.7 Å². The van der Waals surface area contributed by atoms with Gasteiger partial charge in [0, 0.05) is 18.1 Å². The van der Waals surface area contributed by atoms with E-state index in [-0.39, 0.29) is 17.6 Å². The van der Waals surface area contributed by atoms with Crippen LogP contribution in [0.15, 0.2) is 36.9 Å². The number of nitro groups is 1. The van der Waals surface area contributed by atoms with Crippen LogP contribution in [-0.4, -0.2) is 36.5 Å². The molecular weight excluding hydrogens is 272 g/mol. The number of rotatable bonds is 4. The van der Waals surface area contributed by atoms with Crippen LogP contribution in [0.25, 0.3) is 0 Å². The maximum atomic E-state index is 12.5. The van der Waals surface area contributed by atoms with Crippen molar-refractivity contribution in [2.45, 2.75) is 12.0 Å². The first kappa shape index (κ1) is 15.2. The van der Waals surface area contributed by atoms with E-state index in [0.29, 0.717) is 5.56 Å². The number of esters is 1. The summed E-state index contributed by atoms with van der Waals surface area (Å²) in [6, 6.07) is 6.05. The van der Waals surface area contributed by atoms with Gasteiger partial charge in [-0.15, -0.1) is 6.58 Å². The summed E-state index contributed by atoms with van der Waals surface area (Å²) >= 11 is 0. The minimum absolute atomic E-state index is 0.00503. The van der Waals surface area contributed by atoms with E-state index >= 15 is 0 Å². The highest BCUT2D eigenvalue weighted by atomic mass is 16.6. The van der Waals surface area contributed by atoms with Crippen molar-refractivity contribution in [2.75, 3.05) is 20.7 Å². The number of carbonyl (C=O) groups is 1. The molecule has 1 heterocycles. The summed E-state index contributed by atoms with van der Waals surface area (Å²) in [7, 11) is 3.20. The van der Waals surface area contributed by atoms with Gasteiger partial charge in [0.2, 0.25) is 0 Å². The molecule has 6 heteroatoms. The van der Waals surface area contributed by atoms with E-state index in [2.05, 4.69) is 6.58 Å². The Balaban J connectivity index is 2.57. The van der Waals surface area contributed by atoms with E-state index in [4.69, 9.17) is 4.74 Å². The third-order valence-corrected chi connectivity index (χ3v) is 4.21. The first-order valence-electron chi connectivity index (χ1n) is 6.65. The lowest BCUT2D eigenvalue weighted by Crippen LogP contribution is -2.50. The molecule has 112 valence electrons. The number of ether oxygens (including phenoxy) is 1. The molecule has 1 aliphatic heterocycles. The van der Waals surface area contributed by atoms with Crippen LogP contribution >= 0.6 is 0 Å². The second-order valence-electron chi connectivity index (χ2n) is 5.11. The van der Waals surface area contributed by atoms with Crippen molar-refractivity contribution in [3.8, 4) is 0 Å². The molecule has 0 saturated carbocycles. The van der Waals surface area contributed by atoms with Gasteiger partial charge in [-0.05, 0) is 37.7 Å². The zero-order chi connectivity index (χ0) is 15.6. The predicted molar refractivity (Wildman–Crippen MR) is 77.7 cm³/mol. The summed E-state index contributed by atoms with van der Waals surface area (Å²) in [5, 5.41) is 10.8. The molecule has 0 amide bonds. The van der Waals surface area contributed by atoms with Crippen LogP contribution in [0.1, 0.15) is 12.0 Å². The Morgan fingerprint density at radius 1 is 1.52 bits per heavy atom. The lowest BCUT2D eigenvalue weighted by atomic mass is 9.78.